The zero-order valence-corrected chi connectivity index (χ0v) is 9.93. The molecule has 1 unspecified atom stereocenters. The highest BCUT2D eigenvalue weighted by Gasteiger charge is 2.21. The Labute approximate surface area is 101 Å². The summed E-state index contributed by atoms with van der Waals surface area (Å²) in [5.41, 5.74) is 1.53. The number of aliphatic hydroxyl groups excluding tert-OH is 1. The lowest BCUT2D eigenvalue weighted by atomic mass is 10.2. The minimum absolute atomic E-state index is 0.263. The van der Waals surface area contributed by atoms with Gasteiger partial charge in [0.15, 0.2) is 0 Å². The molecule has 0 radical (unpaired) electrons. The normalized spacial score (nSPS) is 19.4. The number of anilines is 1. The number of β-amino-alcohol motifs (C(OH)–C–C–N with tert-alkyl or cyclic N) is 1. The third-order valence-electron chi connectivity index (χ3n) is 2.89. The number of benzene rings is 1. The van der Waals surface area contributed by atoms with Crippen LogP contribution in [0.1, 0.15) is 23.7 Å². The van der Waals surface area contributed by atoms with Crippen LogP contribution in [0.4, 0.5) is 5.69 Å². The van der Waals surface area contributed by atoms with Gasteiger partial charge in [-0.05, 0) is 31.5 Å². The van der Waals surface area contributed by atoms with Crippen molar-refractivity contribution in [1.82, 2.24) is 0 Å². The van der Waals surface area contributed by atoms with E-state index in [0.29, 0.717) is 18.7 Å². The van der Waals surface area contributed by atoms with Gasteiger partial charge in [0.2, 0.25) is 0 Å². The van der Waals surface area contributed by atoms with Crippen molar-refractivity contribution in [3.63, 3.8) is 0 Å². The Balaban J connectivity index is 2.14. The molecule has 92 valence electrons. The van der Waals surface area contributed by atoms with E-state index in [-0.39, 0.29) is 12.1 Å². The number of aliphatic hydroxyl groups is 1. The van der Waals surface area contributed by atoms with Crippen LogP contribution >= 0.6 is 0 Å². The van der Waals surface area contributed by atoms with Gasteiger partial charge >= 0.3 is 5.97 Å². The molecule has 1 aliphatic rings. The molecule has 0 saturated carbocycles. The topological polar surface area (TPSA) is 49.8 Å². The lowest BCUT2D eigenvalue weighted by Crippen LogP contribution is -2.21. The van der Waals surface area contributed by atoms with Crippen molar-refractivity contribution >= 4 is 11.7 Å². The van der Waals surface area contributed by atoms with Gasteiger partial charge in [0.05, 0.1) is 18.3 Å². The molecule has 1 saturated heterocycles. The second kappa shape index (κ2) is 5.19. The summed E-state index contributed by atoms with van der Waals surface area (Å²) in [4.78, 5) is 13.7. The lowest BCUT2D eigenvalue weighted by molar-refractivity contribution is 0.0526. The van der Waals surface area contributed by atoms with Crippen molar-refractivity contribution < 1.29 is 14.6 Å². The summed E-state index contributed by atoms with van der Waals surface area (Å²) in [5.74, 6) is -0.297. The first kappa shape index (κ1) is 11.9. The molecule has 17 heavy (non-hydrogen) atoms. The average molecular weight is 235 g/mol. The van der Waals surface area contributed by atoms with Crippen LogP contribution in [0.25, 0.3) is 0 Å². The molecule has 1 aliphatic heterocycles. The van der Waals surface area contributed by atoms with Crippen LogP contribution in [-0.2, 0) is 4.74 Å². The maximum Gasteiger partial charge on any atom is 0.338 e. The zero-order valence-electron chi connectivity index (χ0n) is 9.93. The van der Waals surface area contributed by atoms with E-state index in [1.165, 1.54) is 0 Å². The molecule has 1 aromatic rings. The van der Waals surface area contributed by atoms with Gasteiger partial charge in [0.25, 0.3) is 0 Å². The van der Waals surface area contributed by atoms with Crippen molar-refractivity contribution in [1.29, 1.82) is 0 Å². The molecular formula is C13H17NO3. The van der Waals surface area contributed by atoms with Crippen molar-refractivity contribution in [2.75, 3.05) is 24.6 Å². The Kier molecular flexibility index (Phi) is 3.64. The standard InChI is InChI=1S/C13H17NO3/c1-2-17-13(16)10-4-3-5-11(8-10)14-7-6-12(15)9-14/h3-5,8,12,15H,2,6-7,9H2,1H3. The van der Waals surface area contributed by atoms with Crippen molar-refractivity contribution in [2.45, 2.75) is 19.4 Å². The number of hydrogen-bond donors (Lipinski definition) is 1. The van der Waals surface area contributed by atoms with Crippen LogP contribution < -0.4 is 4.90 Å². The van der Waals surface area contributed by atoms with E-state index in [1.807, 2.05) is 18.2 Å². The molecule has 4 nitrogen and oxygen atoms in total. The third kappa shape index (κ3) is 2.77. The lowest BCUT2D eigenvalue weighted by Gasteiger charge is -2.18. The summed E-state index contributed by atoms with van der Waals surface area (Å²) in [5, 5.41) is 9.49. The molecule has 1 fully saturated rings. The maximum atomic E-state index is 11.6. The SMILES string of the molecule is CCOC(=O)c1cccc(N2CCC(O)C2)c1. The number of ether oxygens (including phenoxy) is 1. The molecule has 1 N–H and O–H groups in total. The summed E-state index contributed by atoms with van der Waals surface area (Å²) in [6, 6.07) is 7.34. The first-order valence-electron chi connectivity index (χ1n) is 5.91. The first-order chi connectivity index (χ1) is 8.20. The van der Waals surface area contributed by atoms with E-state index in [9.17, 15) is 9.90 Å². The van der Waals surface area contributed by atoms with E-state index < -0.39 is 0 Å². The van der Waals surface area contributed by atoms with Crippen LogP contribution in [-0.4, -0.2) is 36.9 Å². The number of rotatable bonds is 3. The largest absolute Gasteiger partial charge is 0.462 e. The number of carbonyl (C=O) groups excluding carboxylic acids is 1. The van der Waals surface area contributed by atoms with Crippen LogP contribution in [0.2, 0.25) is 0 Å². The maximum absolute atomic E-state index is 11.6. The van der Waals surface area contributed by atoms with Crippen molar-refractivity contribution in [2.24, 2.45) is 0 Å². The van der Waals surface area contributed by atoms with E-state index in [2.05, 4.69) is 4.90 Å². The van der Waals surface area contributed by atoms with Gasteiger partial charge in [-0.15, -0.1) is 0 Å². The van der Waals surface area contributed by atoms with Crippen LogP contribution in [0.5, 0.6) is 0 Å². The van der Waals surface area contributed by atoms with Gasteiger partial charge in [-0.25, -0.2) is 4.79 Å². The van der Waals surface area contributed by atoms with E-state index in [1.54, 1.807) is 13.0 Å². The van der Waals surface area contributed by atoms with E-state index in [0.717, 1.165) is 18.7 Å². The molecule has 4 heteroatoms. The smallest absolute Gasteiger partial charge is 0.338 e. The van der Waals surface area contributed by atoms with Crippen LogP contribution in [0, 0.1) is 0 Å². The minimum Gasteiger partial charge on any atom is -0.462 e. The summed E-state index contributed by atoms with van der Waals surface area (Å²) >= 11 is 0. The summed E-state index contributed by atoms with van der Waals surface area (Å²) < 4.78 is 4.96. The summed E-state index contributed by atoms with van der Waals surface area (Å²) in [7, 11) is 0. The number of esters is 1. The fraction of sp³-hybridized carbons (Fsp3) is 0.462. The summed E-state index contributed by atoms with van der Waals surface area (Å²) in [6.45, 7) is 3.63. The van der Waals surface area contributed by atoms with Gasteiger partial charge in [-0.1, -0.05) is 6.07 Å². The minimum atomic E-state index is -0.297. The highest BCUT2D eigenvalue weighted by atomic mass is 16.5. The number of nitrogens with zero attached hydrogens (tertiary/aromatic N) is 1. The average Bonchev–Trinajstić information content (AvgIpc) is 2.76. The monoisotopic (exact) mass is 235 g/mol. The second-order valence-corrected chi connectivity index (χ2v) is 4.16. The zero-order chi connectivity index (χ0) is 12.3. The predicted octanol–water partition coefficient (Wildman–Crippen LogP) is 1.43. The van der Waals surface area contributed by atoms with Crippen molar-refractivity contribution in [3.05, 3.63) is 29.8 Å². The van der Waals surface area contributed by atoms with Gasteiger partial charge in [0.1, 0.15) is 0 Å². The molecule has 0 bridgehead atoms. The molecular weight excluding hydrogens is 218 g/mol. The van der Waals surface area contributed by atoms with Gasteiger partial charge in [-0.2, -0.15) is 0 Å². The highest BCUT2D eigenvalue weighted by Crippen LogP contribution is 2.21. The highest BCUT2D eigenvalue weighted by molar-refractivity contribution is 5.90. The molecule has 1 atom stereocenters. The Morgan fingerprint density at radius 2 is 2.41 bits per heavy atom. The molecule has 1 aromatic carbocycles. The predicted molar refractivity (Wildman–Crippen MR) is 65.2 cm³/mol. The van der Waals surface area contributed by atoms with E-state index >= 15 is 0 Å². The first-order valence-corrected chi connectivity index (χ1v) is 5.91. The molecule has 2 rings (SSSR count). The van der Waals surface area contributed by atoms with Gasteiger partial charge in [0, 0.05) is 18.8 Å². The Morgan fingerprint density at radius 3 is 3.06 bits per heavy atom. The Bertz CT molecular complexity index is 405. The molecule has 1 heterocycles. The molecule has 0 amide bonds. The van der Waals surface area contributed by atoms with Crippen molar-refractivity contribution in [3.8, 4) is 0 Å². The fourth-order valence-corrected chi connectivity index (χ4v) is 2.02. The number of carbonyl (C=O) groups is 1. The summed E-state index contributed by atoms with van der Waals surface area (Å²) in [6.07, 6.45) is 0.519. The Morgan fingerprint density at radius 1 is 1.59 bits per heavy atom. The van der Waals surface area contributed by atoms with Crippen LogP contribution in [0.3, 0.4) is 0 Å². The van der Waals surface area contributed by atoms with Gasteiger partial charge in [-0.3, -0.25) is 0 Å². The second-order valence-electron chi connectivity index (χ2n) is 4.16. The quantitative estimate of drug-likeness (QED) is 0.805. The van der Waals surface area contributed by atoms with Crippen LogP contribution in [0.15, 0.2) is 24.3 Å². The molecule has 0 spiro atoms. The fourth-order valence-electron chi connectivity index (χ4n) is 2.02. The number of hydrogen-bond acceptors (Lipinski definition) is 4. The molecule has 0 aromatic heterocycles. The third-order valence-corrected chi connectivity index (χ3v) is 2.89. The Hall–Kier alpha value is -1.55. The van der Waals surface area contributed by atoms with E-state index in [4.69, 9.17) is 4.74 Å². The molecule has 0 aliphatic carbocycles. The van der Waals surface area contributed by atoms with Gasteiger partial charge < -0.3 is 14.7 Å².